The quantitative estimate of drug-likeness (QED) is 0.812. The normalized spacial score (nSPS) is 27.1. The van der Waals surface area contributed by atoms with E-state index in [0.29, 0.717) is 19.0 Å². The highest BCUT2D eigenvalue weighted by molar-refractivity contribution is 5.80. The van der Waals surface area contributed by atoms with E-state index in [1.807, 2.05) is 0 Å². The van der Waals surface area contributed by atoms with E-state index in [2.05, 4.69) is 29.2 Å². The van der Waals surface area contributed by atoms with E-state index in [4.69, 9.17) is 5.73 Å². The van der Waals surface area contributed by atoms with Crippen molar-refractivity contribution < 1.29 is 22.8 Å². The SMILES string of the molecule is NC(=O)C1CN(c2ccc(C3CC4CCC(C3)N4C(=O)CCC(F)(F)F)cc2)C1. The van der Waals surface area contributed by atoms with Crippen molar-refractivity contribution in [1.29, 1.82) is 0 Å². The summed E-state index contributed by atoms with van der Waals surface area (Å²) >= 11 is 0. The Balaban J connectivity index is 1.35. The first-order chi connectivity index (χ1) is 13.7. The van der Waals surface area contributed by atoms with E-state index in [1.54, 1.807) is 4.90 Å². The summed E-state index contributed by atoms with van der Waals surface area (Å²) in [6, 6.07) is 8.39. The number of benzene rings is 1. The van der Waals surface area contributed by atoms with Crippen LogP contribution >= 0.6 is 0 Å². The van der Waals surface area contributed by atoms with Crippen LogP contribution in [0, 0.1) is 5.92 Å². The van der Waals surface area contributed by atoms with Crippen LogP contribution < -0.4 is 10.6 Å². The summed E-state index contributed by atoms with van der Waals surface area (Å²) in [4.78, 5) is 27.4. The van der Waals surface area contributed by atoms with E-state index in [9.17, 15) is 22.8 Å². The zero-order chi connectivity index (χ0) is 20.8. The molecule has 4 rings (SSSR count). The first kappa shape index (κ1) is 20.0. The van der Waals surface area contributed by atoms with Gasteiger partial charge in [0, 0.05) is 37.3 Å². The van der Waals surface area contributed by atoms with E-state index in [-0.39, 0.29) is 29.8 Å². The highest BCUT2D eigenvalue weighted by Gasteiger charge is 2.44. The van der Waals surface area contributed by atoms with Crippen molar-refractivity contribution in [3.8, 4) is 0 Å². The summed E-state index contributed by atoms with van der Waals surface area (Å²) in [5.41, 5.74) is 7.59. The molecule has 3 aliphatic rings. The van der Waals surface area contributed by atoms with Gasteiger partial charge in [-0.05, 0) is 49.3 Å². The van der Waals surface area contributed by atoms with Crippen molar-refractivity contribution in [2.45, 2.75) is 62.7 Å². The molecule has 3 aliphatic heterocycles. The minimum absolute atomic E-state index is 0.0471. The van der Waals surface area contributed by atoms with Crippen molar-refractivity contribution in [2.75, 3.05) is 18.0 Å². The van der Waals surface area contributed by atoms with Gasteiger partial charge < -0.3 is 15.5 Å². The molecule has 2 unspecified atom stereocenters. The number of primary amides is 1. The summed E-state index contributed by atoms with van der Waals surface area (Å²) in [6.45, 7) is 1.30. The second kappa shape index (κ2) is 7.54. The molecule has 29 heavy (non-hydrogen) atoms. The second-order valence-electron chi connectivity index (χ2n) is 8.57. The number of anilines is 1. The number of nitrogens with zero attached hydrogens (tertiary/aromatic N) is 2. The smallest absolute Gasteiger partial charge is 0.370 e. The Bertz CT molecular complexity index is 760. The minimum atomic E-state index is -4.29. The monoisotopic (exact) mass is 409 g/mol. The predicted octanol–water partition coefficient (Wildman–Crippen LogP) is 3.19. The van der Waals surface area contributed by atoms with Crippen LogP contribution in [0.15, 0.2) is 24.3 Å². The van der Waals surface area contributed by atoms with E-state index >= 15 is 0 Å². The molecular formula is C21H26F3N3O2. The Hall–Kier alpha value is -2.25. The lowest BCUT2D eigenvalue weighted by Gasteiger charge is -2.40. The van der Waals surface area contributed by atoms with Gasteiger partial charge in [0.2, 0.25) is 11.8 Å². The molecule has 0 spiro atoms. The number of rotatable bonds is 5. The molecule has 2 bridgehead atoms. The Labute approximate surface area is 168 Å². The molecule has 8 heteroatoms. The Kier molecular flexibility index (Phi) is 5.21. The summed E-state index contributed by atoms with van der Waals surface area (Å²) in [7, 11) is 0. The Morgan fingerprint density at radius 3 is 2.14 bits per heavy atom. The first-order valence-corrected chi connectivity index (χ1v) is 10.2. The molecule has 0 aliphatic carbocycles. The molecule has 0 aromatic heterocycles. The van der Waals surface area contributed by atoms with Crippen molar-refractivity contribution in [2.24, 2.45) is 11.7 Å². The maximum atomic E-state index is 12.5. The number of nitrogens with two attached hydrogens (primary N) is 1. The van der Waals surface area contributed by atoms with Crippen molar-refractivity contribution >= 4 is 17.5 Å². The van der Waals surface area contributed by atoms with E-state index < -0.39 is 19.0 Å². The second-order valence-corrected chi connectivity index (χ2v) is 8.57. The fourth-order valence-electron chi connectivity index (χ4n) is 5.06. The largest absolute Gasteiger partial charge is 0.389 e. The van der Waals surface area contributed by atoms with Gasteiger partial charge in [0.05, 0.1) is 12.3 Å². The van der Waals surface area contributed by atoms with Crippen LogP contribution in [0.2, 0.25) is 0 Å². The molecular weight excluding hydrogens is 383 g/mol. The third-order valence-electron chi connectivity index (χ3n) is 6.66. The minimum Gasteiger partial charge on any atom is -0.370 e. The molecule has 1 aromatic rings. The molecule has 3 heterocycles. The summed E-state index contributed by atoms with van der Waals surface area (Å²) in [5, 5.41) is 0. The Morgan fingerprint density at radius 1 is 1.03 bits per heavy atom. The number of amides is 2. The third kappa shape index (κ3) is 4.21. The number of hydrogen-bond donors (Lipinski definition) is 1. The predicted molar refractivity (Wildman–Crippen MR) is 102 cm³/mol. The zero-order valence-corrected chi connectivity index (χ0v) is 16.2. The third-order valence-corrected chi connectivity index (χ3v) is 6.66. The van der Waals surface area contributed by atoms with Crippen LogP contribution in [0.3, 0.4) is 0 Å². The average Bonchev–Trinajstić information content (AvgIpc) is 2.88. The van der Waals surface area contributed by atoms with Gasteiger partial charge in [-0.1, -0.05) is 12.1 Å². The standard InChI is InChI=1S/C21H26F3N3O2/c22-21(23,24)8-7-19(28)27-17-5-6-18(27)10-14(9-17)13-1-3-16(4-2-13)26-11-15(12-26)20(25)29/h1-4,14-15,17-18H,5-12H2,(H2,25,29). The number of halogens is 3. The maximum Gasteiger partial charge on any atom is 0.389 e. The van der Waals surface area contributed by atoms with Gasteiger partial charge >= 0.3 is 6.18 Å². The molecule has 3 saturated heterocycles. The fourth-order valence-corrected chi connectivity index (χ4v) is 5.06. The molecule has 158 valence electrons. The number of fused-ring (bicyclic) bond motifs is 2. The van der Waals surface area contributed by atoms with Crippen LogP contribution in [-0.4, -0.2) is 48.1 Å². The van der Waals surface area contributed by atoms with Gasteiger partial charge in [0.15, 0.2) is 0 Å². The van der Waals surface area contributed by atoms with Gasteiger partial charge in [-0.2, -0.15) is 13.2 Å². The van der Waals surface area contributed by atoms with Crippen LogP contribution in [-0.2, 0) is 9.59 Å². The lowest BCUT2D eigenvalue weighted by atomic mass is 9.84. The molecule has 0 saturated carbocycles. The lowest BCUT2D eigenvalue weighted by molar-refractivity contribution is -0.151. The number of carbonyl (C=O) groups excluding carboxylic acids is 2. The summed E-state index contributed by atoms with van der Waals surface area (Å²) in [5.74, 6) is -0.372. The average molecular weight is 409 g/mol. The molecule has 2 amide bonds. The van der Waals surface area contributed by atoms with Gasteiger partial charge in [-0.25, -0.2) is 0 Å². The highest BCUT2D eigenvalue weighted by atomic mass is 19.4. The van der Waals surface area contributed by atoms with Gasteiger partial charge in [-0.15, -0.1) is 0 Å². The van der Waals surface area contributed by atoms with Crippen molar-refractivity contribution in [3.05, 3.63) is 29.8 Å². The highest BCUT2D eigenvalue weighted by Crippen LogP contribution is 2.44. The van der Waals surface area contributed by atoms with Crippen LogP contribution in [0.4, 0.5) is 18.9 Å². The zero-order valence-electron chi connectivity index (χ0n) is 16.2. The molecule has 0 radical (unpaired) electrons. The molecule has 2 atom stereocenters. The summed E-state index contributed by atoms with van der Waals surface area (Å²) in [6.07, 6.45) is -2.42. The van der Waals surface area contributed by atoms with E-state index in [0.717, 1.165) is 31.4 Å². The first-order valence-electron chi connectivity index (χ1n) is 10.2. The molecule has 3 fully saturated rings. The fraction of sp³-hybridized carbons (Fsp3) is 0.619. The van der Waals surface area contributed by atoms with E-state index in [1.165, 1.54) is 5.56 Å². The van der Waals surface area contributed by atoms with Crippen molar-refractivity contribution in [3.63, 3.8) is 0 Å². The Morgan fingerprint density at radius 2 is 1.62 bits per heavy atom. The van der Waals surface area contributed by atoms with Gasteiger partial charge in [0.1, 0.15) is 0 Å². The number of alkyl halides is 3. The number of carbonyl (C=O) groups is 2. The lowest BCUT2D eigenvalue weighted by Crippen LogP contribution is -2.52. The van der Waals surface area contributed by atoms with Crippen LogP contribution in [0.1, 0.15) is 50.0 Å². The maximum absolute atomic E-state index is 12.5. The number of piperidine rings is 1. The topological polar surface area (TPSA) is 66.6 Å². The van der Waals surface area contributed by atoms with Crippen LogP contribution in [0.5, 0.6) is 0 Å². The number of hydrogen-bond acceptors (Lipinski definition) is 3. The van der Waals surface area contributed by atoms with Gasteiger partial charge in [-0.3, -0.25) is 9.59 Å². The van der Waals surface area contributed by atoms with Crippen molar-refractivity contribution in [1.82, 2.24) is 4.90 Å². The molecule has 2 N–H and O–H groups in total. The van der Waals surface area contributed by atoms with Gasteiger partial charge in [0.25, 0.3) is 0 Å². The van der Waals surface area contributed by atoms with Crippen LogP contribution in [0.25, 0.3) is 0 Å². The molecule has 1 aromatic carbocycles. The summed E-state index contributed by atoms with van der Waals surface area (Å²) < 4.78 is 37.4. The molecule has 5 nitrogen and oxygen atoms in total.